The van der Waals surface area contributed by atoms with Crippen molar-refractivity contribution in [3.05, 3.63) is 22.7 Å². The molecule has 0 spiro atoms. The van der Waals surface area contributed by atoms with Crippen LogP contribution in [-0.4, -0.2) is 34.8 Å². The third-order valence-corrected chi connectivity index (χ3v) is 4.16. The Hall–Kier alpha value is -1.34. The molecule has 0 amide bonds. The summed E-state index contributed by atoms with van der Waals surface area (Å²) >= 11 is 3.21. The summed E-state index contributed by atoms with van der Waals surface area (Å²) in [5.74, 6) is 2.03. The summed E-state index contributed by atoms with van der Waals surface area (Å²) in [6, 6.07) is 1.91. The first kappa shape index (κ1) is 14.1. The fraction of sp³-hybridized carbons (Fsp3) is 0.417. The van der Waals surface area contributed by atoms with Crippen LogP contribution < -0.4 is 10.6 Å². The molecule has 102 valence electrons. The van der Waals surface area contributed by atoms with E-state index in [0.29, 0.717) is 5.92 Å². The molecule has 7 heteroatoms. The first-order valence-electron chi connectivity index (χ1n) is 5.97. The minimum absolute atomic E-state index is 0.366. The second kappa shape index (κ2) is 6.72. The van der Waals surface area contributed by atoms with Gasteiger partial charge in [0.1, 0.15) is 11.6 Å². The van der Waals surface area contributed by atoms with Crippen LogP contribution in [0.1, 0.15) is 17.8 Å². The number of hydrogen-bond donors (Lipinski definition) is 2. The first-order valence-corrected chi connectivity index (χ1v) is 8.07. The maximum atomic E-state index is 4.44. The molecule has 1 atom stereocenters. The van der Waals surface area contributed by atoms with Crippen LogP contribution in [0.15, 0.2) is 22.8 Å². The molecule has 0 aliphatic rings. The summed E-state index contributed by atoms with van der Waals surface area (Å²) in [5, 5.41) is 10.3. The molecule has 2 rings (SSSR count). The molecule has 2 N–H and O–H groups in total. The largest absolute Gasteiger partial charge is 0.373 e. The van der Waals surface area contributed by atoms with Gasteiger partial charge in [-0.1, -0.05) is 18.7 Å². The Labute approximate surface area is 121 Å². The highest BCUT2D eigenvalue weighted by Crippen LogP contribution is 2.20. The number of nitrogens with one attached hydrogen (secondary N) is 2. The van der Waals surface area contributed by atoms with Crippen LogP contribution in [0, 0.1) is 0 Å². The summed E-state index contributed by atoms with van der Waals surface area (Å²) in [6.07, 6.45) is 3.81. The van der Waals surface area contributed by atoms with Gasteiger partial charge in [0.15, 0.2) is 5.16 Å². The van der Waals surface area contributed by atoms with Crippen molar-refractivity contribution in [3.8, 4) is 0 Å². The first-order chi connectivity index (χ1) is 9.22. The topological polar surface area (TPSA) is 62.7 Å². The standard InChI is InChI=1S/C12H17N5S2/c1-8(11-14-4-5-19-11)7-15-10-6-9(13-2)16-12(17-10)18-3/h4-6,8H,7H2,1-3H3,(H2,13,15,16,17). The molecular formula is C12H17N5S2. The number of nitrogens with zero attached hydrogens (tertiary/aromatic N) is 3. The lowest BCUT2D eigenvalue weighted by molar-refractivity contribution is 0.788. The average Bonchev–Trinajstić information content (AvgIpc) is 2.98. The van der Waals surface area contributed by atoms with E-state index in [9.17, 15) is 0 Å². The second-order valence-electron chi connectivity index (χ2n) is 4.03. The van der Waals surface area contributed by atoms with E-state index < -0.39 is 0 Å². The summed E-state index contributed by atoms with van der Waals surface area (Å²) in [6.45, 7) is 2.96. The zero-order valence-electron chi connectivity index (χ0n) is 11.2. The Morgan fingerprint density at radius 2 is 2.16 bits per heavy atom. The van der Waals surface area contributed by atoms with Crippen molar-refractivity contribution in [2.24, 2.45) is 0 Å². The summed E-state index contributed by atoms with van der Waals surface area (Å²) in [5.41, 5.74) is 0. The van der Waals surface area contributed by atoms with Gasteiger partial charge in [0, 0.05) is 37.2 Å². The molecule has 2 aromatic heterocycles. The maximum Gasteiger partial charge on any atom is 0.191 e. The van der Waals surface area contributed by atoms with E-state index in [1.54, 1.807) is 11.3 Å². The van der Waals surface area contributed by atoms with Crippen molar-refractivity contribution in [3.63, 3.8) is 0 Å². The van der Waals surface area contributed by atoms with Crippen molar-refractivity contribution < 1.29 is 0 Å². The fourth-order valence-electron chi connectivity index (χ4n) is 1.56. The third kappa shape index (κ3) is 3.81. The van der Waals surface area contributed by atoms with Gasteiger partial charge < -0.3 is 10.6 Å². The number of aromatic nitrogens is 3. The number of anilines is 2. The van der Waals surface area contributed by atoms with Gasteiger partial charge in [-0.25, -0.2) is 15.0 Å². The quantitative estimate of drug-likeness (QED) is 0.631. The van der Waals surface area contributed by atoms with Crippen LogP contribution in [0.25, 0.3) is 0 Å². The molecule has 2 aromatic rings. The summed E-state index contributed by atoms with van der Waals surface area (Å²) in [7, 11) is 1.86. The molecule has 5 nitrogen and oxygen atoms in total. The molecule has 1 unspecified atom stereocenters. The number of rotatable bonds is 6. The highest BCUT2D eigenvalue weighted by atomic mass is 32.2. The zero-order valence-corrected chi connectivity index (χ0v) is 12.8. The van der Waals surface area contributed by atoms with Crippen molar-refractivity contribution in [2.75, 3.05) is 30.5 Å². The van der Waals surface area contributed by atoms with Gasteiger partial charge in [-0.05, 0) is 6.26 Å². The maximum absolute atomic E-state index is 4.44. The van der Waals surface area contributed by atoms with Crippen molar-refractivity contribution >= 4 is 34.7 Å². The summed E-state index contributed by atoms with van der Waals surface area (Å²) in [4.78, 5) is 13.1. The van der Waals surface area contributed by atoms with Crippen LogP contribution in [-0.2, 0) is 0 Å². The van der Waals surface area contributed by atoms with Crippen LogP contribution >= 0.6 is 23.1 Å². The van der Waals surface area contributed by atoms with Gasteiger partial charge in [0.05, 0.1) is 5.01 Å². The molecule has 19 heavy (non-hydrogen) atoms. The monoisotopic (exact) mass is 295 g/mol. The van der Waals surface area contributed by atoms with E-state index in [-0.39, 0.29) is 0 Å². The van der Waals surface area contributed by atoms with Crippen LogP contribution in [0.2, 0.25) is 0 Å². The lowest BCUT2D eigenvalue weighted by atomic mass is 10.2. The molecule has 0 saturated carbocycles. The molecule has 0 aliphatic heterocycles. The lowest BCUT2D eigenvalue weighted by Crippen LogP contribution is -2.11. The minimum atomic E-state index is 0.366. The molecule has 0 aromatic carbocycles. The summed E-state index contributed by atoms with van der Waals surface area (Å²) < 4.78 is 0. The van der Waals surface area contributed by atoms with Crippen molar-refractivity contribution in [2.45, 2.75) is 18.0 Å². The molecule has 0 fully saturated rings. The predicted molar refractivity (Wildman–Crippen MR) is 82.4 cm³/mol. The molecule has 0 aliphatic carbocycles. The van der Waals surface area contributed by atoms with E-state index in [4.69, 9.17) is 0 Å². The molecule has 0 radical (unpaired) electrons. The molecule has 0 saturated heterocycles. The van der Waals surface area contributed by atoms with Crippen molar-refractivity contribution in [1.29, 1.82) is 0 Å². The molecule has 0 bridgehead atoms. The van der Waals surface area contributed by atoms with Gasteiger partial charge in [-0.15, -0.1) is 11.3 Å². The Kier molecular flexibility index (Phi) is 4.98. The van der Waals surface area contributed by atoms with Crippen molar-refractivity contribution in [1.82, 2.24) is 15.0 Å². The Balaban J connectivity index is 2.02. The minimum Gasteiger partial charge on any atom is -0.373 e. The van der Waals surface area contributed by atoms with Gasteiger partial charge >= 0.3 is 0 Å². The average molecular weight is 295 g/mol. The van der Waals surface area contributed by atoms with Crippen LogP contribution in [0.4, 0.5) is 11.6 Å². The number of thioether (sulfide) groups is 1. The van der Waals surface area contributed by atoms with Gasteiger partial charge in [0.2, 0.25) is 0 Å². The van der Waals surface area contributed by atoms with E-state index in [1.807, 2.05) is 30.9 Å². The molecule has 2 heterocycles. The third-order valence-electron chi connectivity index (χ3n) is 2.61. The predicted octanol–water partition coefficient (Wildman–Crippen LogP) is 2.91. The smallest absolute Gasteiger partial charge is 0.191 e. The van der Waals surface area contributed by atoms with E-state index >= 15 is 0 Å². The SMILES string of the molecule is CNc1cc(NCC(C)c2nccs2)nc(SC)n1. The Morgan fingerprint density at radius 3 is 2.79 bits per heavy atom. The zero-order chi connectivity index (χ0) is 13.7. The highest BCUT2D eigenvalue weighted by Gasteiger charge is 2.09. The van der Waals surface area contributed by atoms with E-state index in [0.717, 1.165) is 28.3 Å². The highest BCUT2D eigenvalue weighted by molar-refractivity contribution is 7.98. The molecular weight excluding hydrogens is 278 g/mol. The number of hydrogen-bond acceptors (Lipinski definition) is 7. The second-order valence-corrected chi connectivity index (χ2v) is 5.73. The van der Waals surface area contributed by atoms with Gasteiger partial charge in [-0.3, -0.25) is 0 Å². The lowest BCUT2D eigenvalue weighted by Gasteiger charge is -2.12. The van der Waals surface area contributed by atoms with E-state index in [1.165, 1.54) is 11.8 Å². The fourth-order valence-corrected chi connectivity index (χ4v) is 2.64. The normalized spacial score (nSPS) is 12.2. The Morgan fingerprint density at radius 1 is 1.37 bits per heavy atom. The van der Waals surface area contributed by atoms with Gasteiger partial charge in [-0.2, -0.15) is 0 Å². The Bertz CT molecular complexity index is 493. The van der Waals surface area contributed by atoms with Crippen LogP contribution in [0.5, 0.6) is 0 Å². The number of thiazole rings is 1. The van der Waals surface area contributed by atoms with E-state index in [2.05, 4.69) is 32.5 Å². The van der Waals surface area contributed by atoms with Gasteiger partial charge in [0.25, 0.3) is 0 Å². The van der Waals surface area contributed by atoms with Crippen LogP contribution in [0.3, 0.4) is 0 Å².